The topological polar surface area (TPSA) is 32.8 Å². The Labute approximate surface area is 139 Å². The van der Waals surface area contributed by atoms with Gasteiger partial charge >= 0.3 is 0 Å². The van der Waals surface area contributed by atoms with Crippen LogP contribution < -0.4 is 4.74 Å². The molecule has 2 fully saturated rings. The minimum absolute atomic E-state index is 0.106. The fraction of sp³-hybridized carbons (Fsp3) is 0.632. The zero-order chi connectivity index (χ0) is 16.1. The third-order valence-corrected chi connectivity index (χ3v) is 5.11. The summed E-state index contributed by atoms with van der Waals surface area (Å²) in [5, 5.41) is 0. The van der Waals surface area contributed by atoms with Gasteiger partial charge in [0, 0.05) is 32.2 Å². The third-order valence-electron chi connectivity index (χ3n) is 5.11. The van der Waals surface area contributed by atoms with Gasteiger partial charge in [0.1, 0.15) is 5.75 Å². The van der Waals surface area contributed by atoms with Crippen LogP contribution in [0.15, 0.2) is 24.3 Å². The highest BCUT2D eigenvalue weighted by atomic mass is 16.5. The first-order chi connectivity index (χ1) is 11.2. The highest BCUT2D eigenvalue weighted by molar-refractivity contribution is 5.77. The summed E-state index contributed by atoms with van der Waals surface area (Å²) in [7, 11) is 0. The third kappa shape index (κ3) is 4.47. The molecule has 3 rings (SSSR count). The van der Waals surface area contributed by atoms with Gasteiger partial charge in [-0.05, 0) is 37.5 Å². The first-order valence-electron chi connectivity index (χ1n) is 8.94. The average Bonchev–Trinajstić information content (AvgIpc) is 2.61. The summed E-state index contributed by atoms with van der Waals surface area (Å²) < 4.78 is 5.64. The van der Waals surface area contributed by atoms with Crippen LogP contribution in [-0.4, -0.2) is 54.5 Å². The molecule has 0 N–H and O–H groups in total. The van der Waals surface area contributed by atoms with Gasteiger partial charge in [0.2, 0.25) is 0 Å². The van der Waals surface area contributed by atoms with Gasteiger partial charge in [-0.3, -0.25) is 9.69 Å². The molecule has 1 saturated heterocycles. The van der Waals surface area contributed by atoms with Gasteiger partial charge < -0.3 is 9.64 Å². The summed E-state index contributed by atoms with van der Waals surface area (Å²) in [6.45, 7) is 5.88. The lowest BCUT2D eigenvalue weighted by Crippen LogP contribution is -2.53. The predicted octanol–water partition coefficient (Wildman–Crippen LogP) is 2.85. The maximum Gasteiger partial charge on any atom is 0.260 e. The molecule has 0 bridgehead atoms. The fourth-order valence-corrected chi connectivity index (χ4v) is 3.72. The van der Waals surface area contributed by atoms with Crippen molar-refractivity contribution < 1.29 is 9.53 Å². The van der Waals surface area contributed by atoms with E-state index in [0.717, 1.165) is 43.5 Å². The van der Waals surface area contributed by atoms with Crippen LogP contribution in [0.4, 0.5) is 0 Å². The lowest BCUT2D eigenvalue weighted by atomic mass is 9.94. The molecule has 1 aliphatic heterocycles. The molecule has 23 heavy (non-hydrogen) atoms. The number of hydrogen-bond acceptors (Lipinski definition) is 3. The lowest BCUT2D eigenvalue weighted by Gasteiger charge is -2.40. The molecule has 0 aromatic heterocycles. The largest absolute Gasteiger partial charge is 0.484 e. The van der Waals surface area contributed by atoms with Crippen molar-refractivity contribution in [1.29, 1.82) is 0 Å². The maximum absolute atomic E-state index is 12.3. The molecule has 1 aliphatic carbocycles. The Morgan fingerprint density at radius 1 is 1.13 bits per heavy atom. The second kappa shape index (κ2) is 7.82. The molecule has 1 aromatic carbocycles. The number of rotatable bonds is 4. The highest BCUT2D eigenvalue weighted by Crippen LogP contribution is 2.23. The number of carbonyl (C=O) groups excluding carboxylic acids is 1. The Morgan fingerprint density at radius 3 is 2.57 bits per heavy atom. The molecule has 4 nitrogen and oxygen atoms in total. The number of benzene rings is 1. The van der Waals surface area contributed by atoms with Crippen molar-refractivity contribution in [3.8, 4) is 5.75 Å². The zero-order valence-electron chi connectivity index (χ0n) is 14.2. The second-order valence-electron chi connectivity index (χ2n) is 6.81. The molecule has 0 atom stereocenters. The smallest absolute Gasteiger partial charge is 0.260 e. The van der Waals surface area contributed by atoms with Crippen molar-refractivity contribution in [1.82, 2.24) is 9.80 Å². The van der Waals surface area contributed by atoms with Crippen molar-refractivity contribution >= 4 is 5.91 Å². The van der Waals surface area contributed by atoms with Crippen LogP contribution in [0.1, 0.15) is 37.7 Å². The van der Waals surface area contributed by atoms with E-state index in [4.69, 9.17) is 4.74 Å². The summed E-state index contributed by atoms with van der Waals surface area (Å²) in [6.07, 6.45) is 6.81. The first-order valence-corrected chi connectivity index (χ1v) is 8.94. The number of aryl methyl sites for hydroxylation is 1. The Hall–Kier alpha value is -1.55. The van der Waals surface area contributed by atoms with Crippen molar-refractivity contribution in [2.75, 3.05) is 32.8 Å². The van der Waals surface area contributed by atoms with Crippen LogP contribution in [0, 0.1) is 6.92 Å². The zero-order valence-corrected chi connectivity index (χ0v) is 14.2. The van der Waals surface area contributed by atoms with E-state index in [2.05, 4.69) is 4.90 Å². The van der Waals surface area contributed by atoms with Gasteiger partial charge in [0.05, 0.1) is 0 Å². The van der Waals surface area contributed by atoms with Gasteiger partial charge in [-0.25, -0.2) is 0 Å². The normalized spacial score (nSPS) is 20.5. The molecule has 126 valence electrons. The quantitative estimate of drug-likeness (QED) is 0.856. The van der Waals surface area contributed by atoms with E-state index in [-0.39, 0.29) is 12.5 Å². The van der Waals surface area contributed by atoms with Gasteiger partial charge in [0.25, 0.3) is 5.91 Å². The van der Waals surface area contributed by atoms with Crippen LogP contribution in [0.3, 0.4) is 0 Å². The summed E-state index contributed by atoms with van der Waals surface area (Å²) in [5.41, 5.74) is 1.15. The van der Waals surface area contributed by atoms with E-state index in [0.29, 0.717) is 0 Å². The van der Waals surface area contributed by atoms with Gasteiger partial charge in [0.15, 0.2) is 6.61 Å². The van der Waals surface area contributed by atoms with Gasteiger partial charge in [-0.1, -0.05) is 31.4 Å². The molecule has 0 spiro atoms. The summed E-state index contributed by atoms with van der Waals surface area (Å²) in [5.74, 6) is 0.883. The van der Waals surface area contributed by atoms with Crippen LogP contribution in [0.2, 0.25) is 0 Å². The minimum Gasteiger partial charge on any atom is -0.484 e. The number of ether oxygens (including phenoxy) is 1. The molecule has 1 aromatic rings. The SMILES string of the molecule is Cc1cccc(OCC(=O)N2CCN(C3CCCCC3)CC2)c1. The number of amides is 1. The summed E-state index contributed by atoms with van der Waals surface area (Å²) in [4.78, 5) is 16.9. The molecule has 4 heteroatoms. The Kier molecular flexibility index (Phi) is 5.55. The van der Waals surface area contributed by atoms with Gasteiger partial charge in [-0.15, -0.1) is 0 Å². The Morgan fingerprint density at radius 2 is 1.87 bits per heavy atom. The molecule has 1 heterocycles. The average molecular weight is 316 g/mol. The van der Waals surface area contributed by atoms with E-state index in [1.54, 1.807) is 0 Å². The molecule has 2 aliphatic rings. The molecule has 0 unspecified atom stereocenters. The number of nitrogens with zero attached hydrogens (tertiary/aromatic N) is 2. The minimum atomic E-state index is 0.106. The number of carbonyl (C=O) groups is 1. The lowest BCUT2D eigenvalue weighted by molar-refractivity contribution is -0.135. The molecule has 1 amide bonds. The Balaban J connectivity index is 1.43. The van der Waals surface area contributed by atoms with Crippen molar-refractivity contribution in [3.63, 3.8) is 0 Å². The van der Waals surface area contributed by atoms with E-state index >= 15 is 0 Å². The van der Waals surface area contributed by atoms with Crippen LogP contribution in [0.25, 0.3) is 0 Å². The summed E-state index contributed by atoms with van der Waals surface area (Å²) >= 11 is 0. The van der Waals surface area contributed by atoms with Crippen molar-refractivity contribution in [3.05, 3.63) is 29.8 Å². The highest BCUT2D eigenvalue weighted by Gasteiger charge is 2.27. The van der Waals surface area contributed by atoms with Crippen LogP contribution >= 0.6 is 0 Å². The molecular weight excluding hydrogens is 288 g/mol. The van der Waals surface area contributed by atoms with Crippen molar-refractivity contribution in [2.24, 2.45) is 0 Å². The first kappa shape index (κ1) is 16.3. The van der Waals surface area contributed by atoms with Crippen LogP contribution in [-0.2, 0) is 4.79 Å². The molecular formula is C19H28N2O2. The van der Waals surface area contributed by atoms with E-state index in [1.807, 2.05) is 36.1 Å². The van der Waals surface area contributed by atoms with Crippen molar-refractivity contribution in [2.45, 2.75) is 45.1 Å². The monoisotopic (exact) mass is 316 g/mol. The predicted molar refractivity (Wildman–Crippen MR) is 91.7 cm³/mol. The Bertz CT molecular complexity index is 518. The van der Waals surface area contributed by atoms with E-state index in [9.17, 15) is 4.79 Å². The van der Waals surface area contributed by atoms with E-state index in [1.165, 1.54) is 32.1 Å². The fourth-order valence-electron chi connectivity index (χ4n) is 3.72. The second-order valence-corrected chi connectivity index (χ2v) is 6.81. The van der Waals surface area contributed by atoms with E-state index < -0.39 is 0 Å². The number of hydrogen-bond donors (Lipinski definition) is 0. The van der Waals surface area contributed by atoms with Crippen LogP contribution in [0.5, 0.6) is 5.75 Å². The maximum atomic E-state index is 12.3. The molecule has 0 radical (unpaired) electrons. The standard InChI is InChI=1S/C19H28N2O2/c1-16-6-5-9-18(14-16)23-15-19(22)21-12-10-20(11-13-21)17-7-3-2-4-8-17/h5-6,9,14,17H,2-4,7-8,10-13,15H2,1H3. The summed E-state index contributed by atoms with van der Waals surface area (Å²) in [6, 6.07) is 8.61. The van der Waals surface area contributed by atoms with Gasteiger partial charge in [-0.2, -0.15) is 0 Å². The number of piperazine rings is 1. The molecule has 1 saturated carbocycles.